The van der Waals surface area contributed by atoms with Crippen LogP contribution in [0.3, 0.4) is 0 Å². The fourth-order valence-corrected chi connectivity index (χ4v) is 1.75. The molecule has 0 radical (unpaired) electrons. The van der Waals surface area contributed by atoms with Crippen LogP contribution in [0.15, 0.2) is 23.2 Å². The lowest BCUT2D eigenvalue weighted by Crippen LogP contribution is -2.01. The molecule has 0 spiro atoms. The van der Waals surface area contributed by atoms with Crippen LogP contribution in [0.1, 0.15) is 11.1 Å². The molecule has 0 saturated heterocycles. The first-order valence-electron chi connectivity index (χ1n) is 4.17. The summed E-state index contributed by atoms with van der Waals surface area (Å²) in [7, 11) is 0. The first kappa shape index (κ1) is 8.02. The van der Waals surface area contributed by atoms with E-state index >= 15 is 0 Å². The molecule has 1 N–H and O–H groups in total. The van der Waals surface area contributed by atoms with Gasteiger partial charge < -0.3 is 5.11 Å². The van der Waals surface area contributed by atoms with E-state index in [1.165, 1.54) is 5.56 Å². The molecule has 66 valence electrons. The quantitative estimate of drug-likeness (QED) is 0.515. The van der Waals surface area contributed by atoms with Gasteiger partial charge in [-0.05, 0) is 36.1 Å². The number of rotatable bonds is 1. The van der Waals surface area contributed by atoms with E-state index in [0.29, 0.717) is 0 Å². The molecule has 0 saturated carbocycles. The number of phenols is 1. The number of benzene rings is 1. The Hall–Kier alpha value is -1.60. The monoisotopic (exact) mass is 175 g/mol. The predicted octanol–water partition coefficient (Wildman–Crippen LogP) is 1.20. The lowest BCUT2D eigenvalue weighted by atomic mass is 10.1. The molecule has 1 aromatic rings. The normalized spacial score (nSPS) is 19.2. The van der Waals surface area contributed by atoms with Gasteiger partial charge in [-0.25, -0.2) is 9.79 Å². The summed E-state index contributed by atoms with van der Waals surface area (Å²) in [6.07, 6.45) is 3.09. The topological polar surface area (TPSA) is 49.7 Å². The largest absolute Gasteiger partial charge is 0.508 e. The molecule has 0 fully saturated rings. The minimum absolute atomic E-state index is 0.0225. The maximum Gasteiger partial charge on any atom is 0.235 e. The van der Waals surface area contributed by atoms with Crippen LogP contribution >= 0.6 is 0 Å². The van der Waals surface area contributed by atoms with E-state index in [0.717, 1.165) is 18.4 Å². The van der Waals surface area contributed by atoms with Gasteiger partial charge in [0.25, 0.3) is 0 Å². The SMILES string of the molecule is O=C=NC1Cc2ccc(O)cc2C1. The van der Waals surface area contributed by atoms with Crippen molar-refractivity contribution in [1.29, 1.82) is 0 Å². The predicted molar refractivity (Wildman–Crippen MR) is 47.4 cm³/mol. The van der Waals surface area contributed by atoms with Gasteiger partial charge in [0.1, 0.15) is 5.75 Å². The first-order chi connectivity index (χ1) is 6.29. The smallest absolute Gasteiger partial charge is 0.235 e. The van der Waals surface area contributed by atoms with Gasteiger partial charge in [0.15, 0.2) is 0 Å². The van der Waals surface area contributed by atoms with Crippen LogP contribution in [-0.4, -0.2) is 17.2 Å². The summed E-state index contributed by atoms with van der Waals surface area (Å²) >= 11 is 0. The molecule has 0 amide bonds. The number of aliphatic imine (C=N–C) groups is 1. The number of hydrogen-bond donors (Lipinski definition) is 1. The van der Waals surface area contributed by atoms with Gasteiger partial charge in [0, 0.05) is 0 Å². The minimum Gasteiger partial charge on any atom is -0.508 e. The molecule has 1 aliphatic carbocycles. The van der Waals surface area contributed by atoms with Gasteiger partial charge in [-0.2, -0.15) is 0 Å². The van der Waals surface area contributed by atoms with Crippen LogP contribution in [0.5, 0.6) is 5.75 Å². The molecule has 0 aliphatic heterocycles. The van der Waals surface area contributed by atoms with Crippen molar-refractivity contribution in [2.24, 2.45) is 4.99 Å². The molecule has 0 heterocycles. The molecular weight excluding hydrogens is 166 g/mol. The Bertz CT molecular complexity index is 381. The number of hydrogen-bond acceptors (Lipinski definition) is 3. The Balaban J connectivity index is 2.30. The van der Waals surface area contributed by atoms with E-state index in [2.05, 4.69) is 4.99 Å². The van der Waals surface area contributed by atoms with Gasteiger partial charge >= 0.3 is 0 Å². The van der Waals surface area contributed by atoms with Crippen molar-refractivity contribution < 1.29 is 9.90 Å². The summed E-state index contributed by atoms with van der Waals surface area (Å²) in [5, 5.41) is 9.20. The lowest BCUT2D eigenvalue weighted by molar-refractivity contribution is 0.474. The molecule has 1 aliphatic rings. The lowest BCUT2D eigenvalue weighted by Gasteiger charge is -1.96. The maximum atomic E-state index is 10.0. The Labute approximate surface area is 75.7 Å². The van der Waals surface area contributed by atoms with Gasteiger partial charge in [-0.15, -0.1) is 0 Å². The van der Waals surface area contributed by atoms with Crippen molar-refractivity contribution in [2.75, 3.05) is 0 Å². The van der Waals surface area contributed by atoms with Crippen LogP contribution in [0.4, 0.5) is 0 Å². The molecule has 0 aromatic heterocycles. The van der Waals surface area contributed by atoms with Crippen LogP contribution in [0.25, 0.3) is 0 Å². The summed E-state index contributed by atoms with van der Waals surface area (Å²) in [5.74, 6) is 0.273. The summed E-state index contributed by atoms with van der Waals surface area (Å²) in [6, 6.07) is 5.29. The van der Waals surface area contributed by atoms with Crippen molar-refractivity contribution in [2.45, 2.75) is 18.9 Å². The van der Waals surface area contributed by atoms with E-state index in [1.54, 1.807) is 18.2 Å². The van der Waals surface area contributed by atoms with E-state index in [-0.39, 0.29) is 11.8 Å². The number of nitrogens with zero attached hydrogens (tertiary/aromatic N) is 1. The van der Waals surface area contributed by atoms with Crippen molar-refractivity contribution in [3.63, 3.8) is 0 Å². The molecule has 1 atom stereocenters. The molecule has 1 aromatic carbocycles. The fraction of sp³-hybridized carbons (Fsp3) is 0.300. The highest BCUT2D eigenvalue weighted by atomic mass is 16.3. The van der Waals surface area contributed by atoms with Crippen molar-refractivity contribution in [3.05, 3.63) is 29.3 Å². The third-order valence-electron chi connectivity index (χ3n) is 2.34. The average molecular weight is 175 g/mol. The zero-order chi connectivity index (χ0) is 9.26. The van der Waals surface area contributed by atoms with E-state index < -0.39 is 0 Å². The Kier molecular flexibility index (Phi) is 1.87. The Morgan fingerprint density at radius 3 is 2.92 bits per heavy atom. The zero-order valence-electron chi connectivity index (χ0n) is 7.03. The van der Waals surface area contributed by atoms with E-state index in [9.17, 15) is 9.90 Å². The van der Waals surface area contributed by atoms with Crippen molar-refractivity contribution in [3.8, 4) is 5.75 Å². The number of fused-ring (bicyclic) bond motifs is 1. The summed E-state index contributed by atoms with van der Waals surface area (Å²) in [5.41, 5.74) is 2.26. The Morgan fingerprint density at radius 1 is 1.38 bits per heavy atom. The van der Waals surface area contributed by atoms with Gasteiger partial charge in [0.2, 0.25) is 6.08 Å². The second kappa shape index (κ2) is 3.04. The third kappa shape index (κ3) is 1.46. The molecule has 0 bridgehead atoms. The number of carbonyl (C=O) groups excluding carboxylic acids is 1. The van der Waals surface area contributed by atoms with Crippen LogP contribution in [0.2, 0.25) is 0 Å². The highest BCUT2D eigenvalue weighted by molar-refractivity contribution is 5.41. The van der Waals surface area contributed by atoms with Gasteiger partial charge in [-0.1, -0.05) is 6.07 Å². The van der Waals surface area contributed by atoms with E-state index in [4.69, 9.17) is 0 Å². The number of aromatic hydroxyl groups is 1. The standard InChI is InChI=1S/C10H9NO2/c12-6-11-9-3-7-1-2-10(13)5-8(7)4-9/h1-2,5,9,13H,3-4H2. The summed E-state index contributed by atoms with van der Waals surface area (Å²) in [4.78, 5) is 13.7. The molecule has 3 nitrogen and oxygen atoms in total. The second-order valence-corrected chi connectivity index (χ2v) is 3.24. The second-order valence-electron chi connectivity index (χ2n) is 3.24. The third-order valence-corrected chi connectivity index (χ3v) is 2.34. The maximum absolute atomic E-state index is 10.0. The molecule has 2 rings (SSSR count). The van der Waals surface area contributed by atoms with Gasteiger partial charge in [0.05, 0.1) is 6.04 Å². The molecular formula is C10H9NO2. The summed E-state index contributed by atoms with van der Waals surface area (Å²) < 4.78 is 0. The van der Waals surface area contributed by atoms with Crippen LogP contribution < -0.4 is 0 Å². The Morgan fingerprint density at radius 2 is 2.15 bits per heavy atom. The summed E-state index contributed by atoms with van der Waals surface area (Å²) in [6.45, 7) is 0. The number of phenolic OH excluding ortho intramolecular Hbond substituents is 1. The zero-order valence-corrected chi connectivity index (χ0v) is 7.03. The fourth-order valence-electron chi connectivity index (χ4n) is 1.75. The number of isocyanates is 1. The highest BCUT2D eigenvalue weighted by Crippen LogP contribution is 2.26. The van der Waals surface area contributed by atoms with E-state index in [1.807, 2.05) is 6.07 Å². The van der Waals surface area contributed by atoms with Crippen LogP contribution in [0, 0.1) is 0 Å². The van der Waals surface area contributed by atoms with Gasteiger partial charge in [-0.3, -0.25) is 0 Å². The average Bonchev–Trinajstić information content (AvgIpc) is 2.46. The molecule has 3 heteroatoms. The minimum atomic E-state index is 0.0225. The molecule has 1 unspecified atom stereocenters. The van der Waals surface area contributed by atoms with Crippen molar-refractivity contribution in [1.82, 2.24) is 0 Å². The first-order valence-corrected chi connectivity index (χ1v) is 4.17. The molecule has 13 heavy (non-hydrogen) atoms. The van der Waals surface area contributed by atoms with Crippen LogP contribution in [-0.2, 0) is 17.6 Å². The van der Waals surface area contributed by atoms with Crippen molar-refractivity contribution >= 4 is 6.08 Å². The highest BCUT2D eigenvalue weighted by Gasteiger charge is 2.20.